The number of halogens is 4. The van der Waals surface area contributed by atoms with Gasteiger partial charge in [-0.15, -0.1) is 0 Å². The lowest BCUT2D eigenvalue weighted by Gasteiger charge is -2.13. The molecule has 2 N–H and O–H groups in total. The van der Waals surface area contributed by atoms with E-state index in [1.54, 1.807) is 16.9 Å². The molecule has 0 unspecified atom stereocenters. The molecule has 0 aliphatic carbocycles. The molecular weight excluding hydrogens is 587 g/mol. The minimum atomic E-state index is -5.62. The number of unbranched alkanes of at least 4 members (excludes halogenated alkanes) is 1. The van der Waals surface area contributed by atoms with Gasteiger partial charge in [-0.2, -0.15) is 26.7 Å². The summed E-state index contributed by atoms with van der Waals surface area (Å²) >= 11 is 3.50. The summed E-state index contributed by atoms with van der Waals surface area (Å²) in [5.74, 6) is 0.190. The van der Waals surface area contributed by atoms with E-state index in [0.29, 0.717) is 28.3 Å². The molecule has 0 saturated carbocycles. The van der Waals surface area contributed by atoms with Gasteiger partial charge in [-0.25, -0.2) is 0 Å². The lowest BCUT2D eigenvalue weighted by Crippen LogP contribution is -2.30. The molecular formula is C26H27BrF3N3O4S. The number of aliphatic hydroxyl groups is 1. The van der Waals surface area contributed by atoms with Crippen molar-refractivity contribution >= 4 is 42.6 Å². The Morgan fingerprint density at radius 3 is 2.55 bits per heavy atom. The summed E-state index contributed by atoms with van der Waals surface area (Å²) < 4.78 is 72.4. The number of anilines is 1. The molecule has 0 aliphatic rings. The van der Waals surface area contributed by atoms with Crippen molar-refractivity contribution in [1.29, 1.82) is 0 Å². The normalized spacial score (nSPS) is 12.4. The van der Waals surface area contributed by atoms with Crippen molar-refractivity contribution in [1.82, 2.24) is 9.78 Å². The number of furan rings is 1. The minimum Gasteiger partial charge on any atom is -0.455 e. The first-order valence-electron chi connectivity index (χ1n) is 12.1. The van der Waals surface area contributed by atoms with E-state index in [1.165, 1.54) is 18.2 Å². The van der Waals surface area contributed by atoms with E-state index >= 15 is 0 Å². The number of alkyl halides is 3. The van der Waals surface area contributed by atoms with Crippen molar-refractivity contribution in [2.24, 2.45) is 0 Å². The number of sulfonamides is 1. The van der Waals surface area contributed by atoms with Crippen LogP contribution in [0.5, 0.6) is 0 Å². The second kappa shape index (κ2) is 11.1. The van der Waals surface area contributed by atoms with Crippen molar-refractivity contribution in [3.8, 4) is 11.3 Å². The number of aliphatic hydroxyl groups excluding tert-OH is 1. The van der Waals surface area contributed by atoms with E-state index in [4.69, 9.17) is 9.52 Å². The zero-order valence-corrected chi connectivity index (χ0v) is 23.2. The van der Waals surface area contributed by atoms with E-state index in [2.05, 4.69) is 22.9 Å². The lowest BCUT2D eigenvalue weighted by molar-refractivity contribution is -0.0429. The molecule has 2 heterocycles. The Kier molecular flexibility index (Phi) is 8.24. The molecule has 0 radical (unpaired) electrons. The van der Waals surface area contributed by atoms with Crippen LogP contribution in [-0.4, -0.2) is 28.8 Å². The van der Waals surface area contributed by atoms with Crippen LogP contribution in [0, 0.1) is 0 Å². The van der Waals surface area contributed by atoms with Crippen molar-refractivity contribution in [3.63, 3.8) is 0 Å². The molecule has 4 rings (SSSR count). The number of nitrogens with zero attached hydrogens (tertiary/aromatic N) is 2. The topological polar surface area (TPSA) is 97.4 Å². The smallest absolute Gasteiger partial charge is 0.455 e. The Labute approximate surface area is 226 Å². The summed E-state index contributed by atoms with van der Waals surface area (Å²) in [5.41, 5.74) is -1.50. The van der Waals surface area contributed by atoms with Crippen LogP contribution in [0.15, 0.2) is 51.4 Å². The quantitative estimate of drug-likeness (QED) is 0.206. The zero-order valence-electron chi connectivity index (χ0n) is 20.8. The van der Waals surface area contributed by atoms with Gasteiger partial charge in [0, 0.05) is 29.5 Å². The highest BCUT2D eigenvalue weighted by atomic mass is 79.9. The van der Waals surface area contributed by atoms with Gasteiger partial charge in [-0.1, -0.05) is 38.5 Å². The molecule has 2 aromatic heterocycles. The third kappa shape index (κ3) is 5.48. The molecule has 2 aromatic carbocycles. The van der Waals surface area contributed by atoms with Gasteiger partial charge in [-0.3, -0.25) is 9.40 Å². The summed E-state index contributed by atoms with van der Waals surface area (Å²) in [6, 6.07) is 11.3. The molecule has 0 bridgehead atoms. The first-order valence-corrected chi connectivity index (χ1v) is 14.4. The highest BCUT2D eigenvalue weighted by molar-refractivity contribution is 9.10. The summed E-state index contributed by atoms with van der Waals surface area (Å²) in [4.78, 5) is 0. The maximum Gasteiger partial charge on any atom is 0.516 e. The Bertz CT molecular complexity index is 1560. The maximum absolute atomic E-state index is 13.0. The Balaban J connectivity index is 1.73. The van der Waals surface area contributed by atoms with Gasteiger partial charge < -0.3 is 9.52 Å². The molecule has 0 fully saturated rings. The molecule has 4 aromatic rings. The highest BCUT2D eigenvalue weighted by Crippen LogP contribution is 2.42. The summed E-state index contributed by atoms with van der Waals surface area (Å²) in [5, 5.41) is 15.5. The van der Waals surface area contributed by atoms with Crippen LogP contribution >= 0.6 is 15.9 Å². The molecule has 0 saturated heterocycles. The van der Waals surface area contributed by atoms with Crippen molar-refractivity contribution in [2.75, 3.05) is 4.72 Å². The van der Waals surface area contributed by atoms with E-state index in [9.17, 15) is 26.7 Å². The molecule has 7 nitrogen and oxygen atoms in total. The predicted octanol–water partition coefficient (Wildman–Crippen LogP) is 6.77. The van der Waals surface area contributed by atoms with Gasteiger partial charge in [0.1, 0.15) is 5.58 Å². The summed E-state index contributed by atoms with van der Waals surface area (Å²) in [6.07, 6.45) is 3.20. The Morgan fingerprint density at radius 1 is 1.16 bits per heavy atom. The fourth-order valence-electron chi connectivity index (χ4n) is 4.32. The number of fused-ring (bicyclic) bond motifs is 1. The van der Waals surface area contributed by atoms with Crippen LogP contribution in [0.3, 0.4) is 0 Å². The highest BCUT2D eigenvalue weighted by Gasteiger charge is 2.46. The maximum atomic E-state index is 13.0. The predicted molar refractivity (Wildman–Crippen MR) is 143 cm³/mol. The Morgan fingerprint density at radius 2 is 1.89 bits per heavy atom. The van der Waals surface area contributed by atoms with E-state index in [-0.39, 0.29) is 23.6 Å². The number of aromatic nitrogens is 2. The van der Waals surface area contributed by atoms with Crippen LogP contribution in [0.1, 0.15) is 49.2 Å². The SMILES string of the molecule is CCCCn1nc(CC)c(Cc2ccc3oc(-c4ccccc4NS(=O)(=O)C(F)(F)F)c(Br)c3c2)c1CO. The first kappa shape index (κ1) is 28.2. The molecule has 12 heteroatoms. The van der Waals surface area contributed by atoms with Crippen LogP contribution < -0.4 is 4.72 Å². The van der Waals surface area contributed by atoms with Crippen LogP contribution in [0.2, 0.25) is 0 Å². The average molecular weight is 614 g/mol. The van der Waals surface area contributed by atoms with E-state index in [0.717, 1.165) is 41.9 Å². The second-order valence-corrected chi connectivity index (χ2v) is 11.3. The fraction of sp³-hybridized carbons (Fsp3) is 0.346. The van der Waals surface area contributed by atoms with E-state index < -0.39 is 15.5 Å². The zero-order chi connectivity index (χ0) is 27.7. The second-order valence-electron chi connectivity index (χ2n) is 8.81. The number of aryl methyl sites for hydroxylation is 2. The number of nitrogens with one attached hydrogen (secondary N) is 1. The monoisotopic (exact) mass is 613 g/mol. The minimum absolute atomic E-state index is 0.127. The lowest BCUT2D eigenvalue weighted by atomic mass is 10.0. The largest absolute Gasteiger partial charge is 0.516 e. The van der Waals surface area contributed by atoms with Crippen molar-refractivity contribution in [3.05, 3.63) is 69.5 Å². The number of benzene rings is 2. The van der Waals surface area contributed by atoms with Gasteiger partial charge in [0.25, 0.3) is 0 Å². The molecule has 204 valence electrons. The van der Waals surface area contributed by atoms with Gasteiger partial charge in [0.05, 0.1) is 28.2 Å². The van der Waals surface area contributed by atoms with Crippen molar-refractivity contribution < 1.29 is 31.1 Å². The third-order valence-corrected chi connectivity index (χ3v) is 8.14. The number of para-hydroxylation sites is 1. The van der Waals surface area contributed by atoms with Gasteiger partial charge in [0.15, 0.2) is 5.76 Å². The number of hydrogen-bond donors (Lipinski definition) is 2. The fourth-order valence-corrected chi connectivity index (χ4v) is 5.51. The molecule has 0 amide bonds. The van der Waals surface area contributed by atoms with Crippen LogP contribution in [-0.2, 0) is 36.0 Å². The summed E-state index contributed by atoms with van der Waals surface area (Å²) in [7, 11) is -5.62. The molecule has 0 atom stereocenters. The van der Waals surface area contributed by atoms with Crippen LogP contribution in [0.4, 0.5) is 18.9 Å². The van der Waals surface area contributed by atoms with Gasteiger partial charge in [0.2, 0.25) is 0 Å². The van der Waals surface area contributed by atoms with Crippen LogP contribution in [0.25, 0.3) is 22.3 Å². The van der Waals surface area contributed by atoms with Gasteiger partial charge in [-0.05, 0) is 58.6 Å². The Hall–Kier alpha value is -2.83. The average Bonchev–Trinajstić information content (AvgIpc) is 3.38. The van der Waals surface area contributed by atoms with Crippen molar-refractivity contribution in [2.45, 2.75) is 58.2 Å². The molecule has 38 heavy (non-hydrogen) atoms. The first-order chi connectivity index (χ1) is 18.0. The standard InChI is InChI=1S/C26H27BrF3N3O4S/c1-3-5-12-33-22(15-34)18(20(4-2)31-33)13-16-10-11-23-19(14-16)24(27)25(37-23)17-8-6-7-9-21(17)32-38(35,36)26(28,29)30/h6-11,14,32,34H,3-5,12-13,15H2,1-2H3. The molecule has 0 spiro atoms. The number of hydrogen-bond acceptors (Lipinski definition) is 5. The van der Waals surface area contributed by atoms with E-state index in [1.807, 2.05) is 23.7 Å². The number of rotatable bonds is 10. The summed E-state index contributed by atoms with van der Waals surface area (Å²) in [6.45, 7) is 4.72. The van der Waals surface area contributed by atoms with Gasteiger partial charge >= 0.3 is 15.5 Å². The third-order valence-electron chi connectivity index (χ3n) is 6.25. The molecule has 0 aliphatic heterocycles.